The molecule has 3 heteroatoms. The van der Waals surface area contributed by atoms with Crippen LogP contribution in [0.2, 0.25) is 0 Å². The molecule has 0 amide bonds. The van der Waals surface area contributed by atoms with Gasteiger partial charge in [0.15, 0.2) is 0 Å². The largest absolute Gasteiger partial charge is 0.310 e. The first-order chi connectivity index (χ1) is 8.61. The standard InChI is InChI=1S/C15H21F2N/c1-3-18-15(7-6-11-4-5-11)12-8-10(2)13(16)9-14(12)17/h8-9,11,15,18H,3-7H2,1-2H3. The van der Waals surface area contributed by atoms with E-state index in [0.29, 0.717) is 11.1 Å². The van der Waals surface area contributed by atoms with Crippen molar-refractivity contribution in [2.75, 3.05) is 6.54 Å². The quantitative estimate of drug-likeness (QED) is 0.804. The van der Waals surface area contributed by atoms with Crippen LogP contribution in [0.15, 0.2) is 12.1 Å². The van der Waals surface area contributed by atoms with Gasteiger partial charge in [-0.2, -0.15) is 0 Å². The highest BCUT2D eigenvalue weighted by Crippen LogP contribution is 2.36. The van der Waals surface area contributed by atoms with Crippen molar-refractivity contribution in [3.63, 3.8) is 0 Å². The van der Waals surface area contributed by atoms with Crippen molar-refractivity contribution >= 4 is 0 Å². The lowest BCUT2D eigenvalue weighted by molar-refractivity contribution is 0.456. The zero-order valence-electron chi connectivity index (χ0n) is 11.1. The van der Waals surface area contributed by atoms with E-state index in [0.717, 1.165) is 31.4 Å². The Hall–Kier alpha value is -0.960. The Bertz CT molecular complexity index is 413. The maximum absolute atomic E-state index is 13.9. The number of hydrogen-bond acceptors (Lipinski definition) is 1. The van der Waals surface area contributed by atoms with Gasteiger partial charge in [-0.05, 0) is 43.9 Å². The van der Waals surface area contributed by atoms with Gasteiger partial charge in [0.1, 0.15) is 11.6 Å². The predicted molar refractivity (Wildman–Crippen MR) is 69.5 cm³/mol. The van der Waals surface area contributed by atoms with Gasteiger partial charge in [-0.25, -0.2) is 8.78 Å². The maximum atomic E-state index is 13.9. The minimum atomic E-state index is -0.464. The summed E-state index contributed by atoms with van der Waals surface area (Å²) >= 11 is 0. The minimum Gasteiger partial charge on any atom is -0.310 e. The van der Waals surface area contributed by atoms with Gasteiger partial charge >= 0.3 is 0 Å². The Morgan fingerprint density at radius 1 is 1.28 bits per heavy atom. The Labute approximate surface area is 108 Å². The van der Waals surface area contributed by atoms with Gasteiger partial charge in [0.05, 0.1) is 0 Å². The van der Waals surface area contributed by atoms with E-state index in [1.54, 1.807) is 13.0 Å². The molecule has 1 aromatic carbocycles. The summed E-state index contributed by atoms with van der Waals surface area (Å²) in [5.41, 5.74) is 1.12. The van der Waals surface area contributed by atoms with Gasteiger partial charge in [-0.15, -0.1) is 0 Å². The number of nitrogens with one attached hydrogen (secondary N) is 1. The molecule has 2 rings (SSSR count). The average molecular weight is 253 g/mol. The molecular formula is C15H21F2N. The molecule has 0 aliphatic heterocycles. The van der Waals surface area contributed by atoms with Crippen molar-refractivity contribution < 1.29 is 8.78 Å². The molecule has 100 valence electrons. The zero-order valence-corrected chi connectivity index (χ0v) is 11.1. The topological polar surface area (TPSA) is 12.0 Å². The molecule has 0 spiro atoms. The fraction of sp³-hybridized carbons (Fsp3) is 0.600. The third kappa shape index (κ3) is 3.29. The summed E-state index contributed by atoms with van der Waals surface area (Å²) in [4.78, 5) is 0. The summed E-state index contributed by atoms with van der Waals surface area (Å²) in [6.07, 6.45) is 4.68. The lowest BCUT2D eigenvalue weighted by atomic mass is 9.98. The van der Waals surface area contributed by atoms with Crippen LogP contribution in [0.25, 0.3) is 0 Å². The van der Waals surface area contributed by atoms with Crippen LogP contribution in [-0.2, 0) is 0 Å². The second kappa shape index (κ2) is 5.79. The minimum absolute atomic E-state index is 0.00917. The van der Waals surface area contributed by atoms with Crippen molar-refractivity contribution in [1.82, 2.24) is 5.32 Å². The molecule has 1 saturated carbocycles. The Morgan fingerprint density at radius 2 is 2.00 bits per heavy atom. The summed E-state index contributed by atoms with van der Waals surface area (Å²) in [6.45, 7) is 4.49. The molecule has 0 radical (unpaired) electrons. The van der Waals surface area contributed by atoms with Gasteiger partial charge in [0.2, 0.25) is 0 Å². The van der Waals surface area contributed by atoms with Crippen molar-refractivity contribution in [3.05, 3.63) is 34.9 Å². The van der Waals surface area contributed by atoms with E-state index in [-0.39, 0.29) is 6.04 Å². The van der Waals surface area contributed by atoms with E-state index in [4.69, 9.17) is 0 Å². The highest BCUT2D eigenvalue weighted by molar-refractivity contribution is 5.28. The normalized spacial score (nSPS) is 16.9. The smallest absolute Gasteiger partial charge is 0.130 e. The molecule has 0 aromatic heterocycles. The van der Waals surface area contributed by atoms with Crippen LogP contribution in [0.3, 0.4) is 0 Å². The summed E-state index contributed by atoms with van der Waals surface area (Å²) in [7, 11) is 0. The first kappa shape index (κ1) is 13.5. The van der Waals surface area contributed by atoms with E-state index in [1.807, 2.05) is 6.92 Å². The van der Waals surface area contributed by atoms with Crippen LogP contribution in [0, 0.1) is 24.5 Å². The fourth-order valence-electron chi connectivity index (χ4n) is 2.37. The first-order valence-corrected chi connectivity index (χ1v) is 6.80. The number of hydrogen-bond donors (Lipinski definition) is 1. The fourth-order valence-corrected chi connectivity index (χ4v) is 2.37. The van der Waals surface area contributed by atoms with Crippen LogP contribution in [0.1, 0.15) is 49.8 Å². The number of halogens is 2. The molecule has 1 fully saturated rings. The molecule has 1 N–H and O–H groups in total. The van der Waals surface area contributed by atoms with Gasteiger partial charge in [-0.3, -0.25) is 0 Å². The Balaban J connectivity index is 2.14. The van der Waals surface area contributed by atoms with Crippen molar-refractivity contribution in [1.29, 1.82) is 0 Å². The summed E-state index contributed by atoms with van der Waals surface area (Å²) in [5, 5.41) is 3.31. The van der Waals surface area contributed by atoms with Crippen LogP contribution in [0.5, 0.6) is 0 Å². The number of aryl methyl sites for hydroxylation is 1. The van der Waals surface area contributed by atoms with Crippen LogP contribution in [-0.4, -0.2) is 6.54 Å². The van der Waals surface area contributed by atoms with Gasteiger partial charge in [0, 0.05) is 17.7 Å². The summed E-state index contributed by atoms with van der Waals surface area (Å²) in [6, 6.07) is 2.66. The van der Waals surface area contributed by atoms with E-state index in [1.165, 1.54) is 12.8 Å². The second-order valence-electron chi connectivity index (χ2n) is 5.25. The van der Waals surface area contributed by atoms with Gasteiger partial charge < -0.3 is 5.32 Å². The highest BCUT2D eigenvalue weighted by Gasteiger charge is 2.24. The van der Waals surface area contributed by atoms with Gasteiger partial charge in [-0.1, -0.05) is 19.8 Å². The zero-order chi connectivity index (χ0) is 13.1. The Kier molecular flexibility index (Phi) is 4.33. The molecule has 1 aliphatic rings. The lowest BCUT2D eigenvalue weighted by Crippen LogP contribution is -2.22. The maximum Gasteiger partial charge on any atom is 0.130 e. The summed E-state index contributed by atoms with van der Waals surface area (Å²) in [5.74, 6) is -0.0655. The van der Waals surface area contributed by atoms with E-state index in [2.05, 4.69) is 5.32 Å². The molecule has 0 bridgehead atoms. The van der Waals surface area contributed by atoms with E-state index < -0.39 is 11.6 Å². The van der Waals surface area contributed by atoms with E-state index >= 15 is 0 Å². The van der Waals surface area contributed by atoms with Gasteiger partial charge in [0.25, 0.3) is 0 Å². The number of rotatable bonds is 6. The predicted octanol–water partition coefficient (Wildman–Crippen LogP) is 4.11. The monoisotopic (exact) mass is 253 g/mol. The van der Waals surface area contributed by atoms with Crippen LogP contribution in [0.4, 0.5) is 8.78 Å². The SMILES string of the molecule is CCNC(CCC1CC1)c1cc(C)c(F)cc1F. The molecule has 0 saturated heterocycles. The molecule has 1 nitrogen and oxygen atoms in total. The highest BCUT2D eigenvalue weighted by atomic mass is 19.1. The Morgan fingerprint density at radius 3 is 2.61 bits per heavy atom. The molecule has 1 atom stereocenters. The average Bonchev–Trinajstić information content (AvgIpc) is 3.13. The first-order valence-electron chi connectivity index (χ1n) is 6.80. The molecule has 0 heterocycles. The summed E-state index contributed by atoms with van der Waals surface area (Å²) < 4.78 is 27.1. The molecular weight excluding hydrogens is 232 g/mol. The van der Waals surface area contributed by atoms with Crippen molar-refractivity contribution in [2.45, 2.75) is 45.6 Å². The third-order valence-electron chi connectivity index (χ3n) is 3.66. The van der Waals surface area contributed by atoms with Crippen LogP contribution < -0.4 is 5.32 Å². The van der Waals surface area contributed by atoms with Crippen LogP contribution >= 0.6 is 0 Å². The molecule has 1 aromatic rings. The van der Waals surface area contributed by atoms with E-state index in [9.17, 15) is 8.78 Å². The van der Waals surface area contributed by atoms with Crippen molar-refractivity contribution in [3.8, 4) is 0 Å². The number of benzene rings is 1. The third-order valence-corrected chi connectivity index (χ3v) is 3.66. The molecule has 18 heavy (non-hydrogen) atoms. The van der Waals surface area contributed by atoms with Crippen molar-refractivity contribution in [2.24, 2.45) is 5.92 Å². The molecule has 1 unspecified atom stereocenters. The molecule has 1 aliphatic carbocycles. The second-order valence-corrected chi connectivity index (χ2v) is 5.25. The lowest BCUT2D eigenvalue weighted by Gasteiger charge is -2.19.